The molecule has 0 bridgehead atoms. The van der Waals surface area contributed by atoms with Crippen molar-refractivity contribution in [2.75, 3.05) is 5.75 Å². The number of carboxylic acids is 1. The van der Waals surface area contributed by atoms with Crippen molar-refractivity contribution in [3.63, 3.8) is 0 Å². The molecule has 0 radical (unpaired) electrons. The highest BCUT2D eigenvalue weighted by atomic mass is 32.1. The number of aliphatic hydroxyl groups is 1. The minimum absolute atomic E-state index is 0.00840. The zero-order valence-electron chi connectivity index (χ0n) is 19.4. The number of thiol groups is 1. The predicted octanol–water partition coefficient (Wildman–Crippen LogP) is -0.842. The average molecular weight is 499 g/mol. The van der Waals surface area contributed by atoms with Crippen molar-refractivity contribution in [3.8, 4) is 5.75 Å². The molecule has 5 atom stereocenters. The number of aromatic hydroxyl groups is 1. The van der Waals surface area contributed by atoms with Gasteiger partial charge in [0.15, 0.2) is 0 Å². The Labute approximate surface area is 203 Å². The zero-order valence-corrected chi connectivity index (χ0v) is 20.3. The number of phenolic OH excluding ortho intramolecular Hbond substituents is 1. The number of hydrogen-bond donors (Lipinski definition) is 8. The van der Waals surface area contributed by atoms with Crippen LogP contribution in [0.15, 0.2) is 24.3 Å². The van der Waals surface area contributed by atoms with Crippen LogP contribution in [0.2, 0.25) is 0 Å². The molecule has 11 nitrogen and oxygen atoms in total. The molecule has 0 saturated carbocycles. The summed E-state index contributed by atoms with van der Waals surface area (Å²) in [6.45, 7) is 4.90. The van der Waals surface area contributed by atoms with Gasteiger partial charge in [-0.1, -0.05) is 26.0 Å². The SMILES string of the molecule is CC(C)CC(NC(=O)C(Cc1ccc(O)cc1)NC(=O)C(NC(=O)C(N)CS)C(C)O)C(=O)O. The molecule has 0 spiro atoms. The standard InChI is InChI=1S/C22H34N4O7S/c1-11(2)8-17(22(32)33)25-20(30)16(9-13-4-6-14(28)7-5-13)24-21(31)18(12(3)27)26-19(29)15(23)10-34/h4-7,11-12,15-18,27-28,34H,8-10,23H2,1-3H3,(H,24,31)(H,25,30)(H,26,29)(H,32,33). The van der Waals surface area contributed by atoms with Crippen molar-refractivity contribution in [2.24, 2.45) is 11.7 Å². The van der Waals surface area contributed by atoms with Crippen molar-refractivity contribution in [1.82, 2.24) is 16.0 Å². The number of benzene rings is 1. The number of carboxylic acid groups (broad SMARTS) is 1. The summed E-state index contributed by atoms with van der Waals surface area (Å²) in [5.74, 6) is -3.53. The number of aliphatic hydroxyl groups excluding tert-OH is 1. The molecule has 190 valence electrons. The fraction of sp³-hybridized carbons (Fsp3) is 0.545. The Bertz CT molecular complexity index is 848. The van der Waals surface area contributed by atoms with Crippen LogP contribution in [0.5, 0.6) is 5.75 Å². The number of amides is 3. The predicted molar refractivity (Wildman–Crippen MR) is 128 cm³/mol. The first-order chi connectivity index (χ1) is 15.8. The van der Waals surface area contributed by atoms with Crippen LogP contribution in [0.25, 0.3) is 0 Å². The number of nitrogens with one attached hydrogen (secondary N) is 3. The number of hydrogen-bond acceptors (Lipinski definition) is 8. The highest BCUT2D eigenvalue weighted by molar-refractivity contribution is 7.80. The quantitative estimate of drug-likeness (QED) is 0.161. The fourth-order valence-corrected chi connectivity index (χ4v) is 3.22. The van der Waals surface area contributed by atoms with Crippen LogP contribution < -0.4 is 21.7 Å². The summed E-state index contributed by atoms with van der Waals surface area (Å²) in [6.07, 6.45) is -1.18. The molecule has 0 fully saturated rings. The minimum atomic E-state index is -1.42. The number of phenols is 1. The summed E-state index contributed by atoms with van der Waals surface area (Å²) in [5.41, 5.74) is 6.18. The van der Waals surface area contributed by atoms with Crippen LogP contribution in [0.1, 0.15) is 32.8 Å². The van der Waals surface area contributed by atoms with Crippen molar-refractivity contribution in [1.29, 1.82) is 0 Å². The van der Waals surface area contributed by atoms with E-state index in [4.69, 9.17) is 5.73 Å². The maximum atomic E-state index is 13.0. The third kappa shape index (κ3) is 9.57. The Morgan fingerprint density at radius 2 is 1.50 bits per heavy atom. The molecular formula is C22H34N4O7S. The molecule has 0 heterocycles. The molecule has 12 heteroatoms. The van der Waals surface area contributed by atoms with Crippen LogP contribution in [-0.4, -0.2) is 75.0 Å². The smallest absolute Gasteiger partial charge is 0.326 e. The van der Waals surface area contributed by atoms with Crippen LogP contribution in [0, 0.1) is 5.92 Å². The topological polar surface area (TPSA) is 191 Å². The van der Waals surface area contributed by atoms with Gasteiger partial charge in [-0.3, -0.25) is 14.4 Å². The van der Waals surface area contributed by atoms with E-state index in [1.54, 1.807) is 12.1 Å². The lowest BCUT2D eigenvalue weighted by Crippen LogP contribution is -2.60. The van der Waals surface area contributed by atoms with Gasteiger partial charge in [-0.25, -0.2) is 4.79 Å². The van der Waals surface area contributed by atoms with Gasteiger partial charge in [-0.2, -0.15) is 12.6 Å². The molecule has 0 aliphatic rings. The number of rotatable bonds is 13. The molecule has 34 heavy (non-hydrogen) atoms. The van der Waals surface area contributed by atoms with Gasteiger partial charge in [0.05, 0.1) is 12.1 Å². The van der Waals surface area contributed by atoms with Crippen molar-refractivity contribution >= 4 is 36.3 Å². The highest BCUT2D eigenvalue weighted by Crippen LogP contribution is 2.13. The minimum Gasteiger partial charge on any atom is -0.508 e. The van der Waals surface area contributed by atoms with Gasteiger partial charge < -0.3 is 37.0 Å². The van der Waals surface area contributed by atoms with E-state index in [0.29, 0.717) is 5.56 Å². The molecule has 0 saturated heterocycles. The largest absolute Gasteiger partial charge is 0.508 e. The summed E-state index contributed by atoms with van der Waals surface area (Å²) in [4.78, 5) is 49.6. The van der Waals surface area contributed by atoms with Gasteiger partial charge in [0.1, 0.15) is 23.9 Å². The van der Waals surface area contributed by atoms with Crippen molar-refractivity contribution in [3.05, 3.63) is 29.8 Å². The van der Waals surface area contributed by atoms with Gasteiger partial charge in [-0.15, -0.1) is 0 Å². The van der Waals surface area contributed by atoms with E-state index in [-0.39, 0.29) is 30.3 Å². The van der Waals surface area contributed by atoms with Gasteiger partial charge in [0.25, 0.3) is 0 Å². The second-order valence-corrected chi connectivity index (χ2v) is 8.84. The molecule has 3 amide bonds. The maximum Gasteiger partial charge on any atom is 0.326 e. The molecule has 0 aromatic heterocycles. The van der Waals surface area contributed by atoms with Gasteiger partial charge in [0, 0.05) is 12.2 Å². The Morgan fingerprint density at radius 3 is 1.97 bits per heavy atom. The summed E-state index contributed by atoms with van der Waals surface area (Å²) < 4.78 is 0. The molecular weight excluding hydrogens is 464 g/mol. The lowest BCUT2D eigenvalue weighted by Gasteiger charge is -2.26. The molecule has 0 aliphatic carbocycles. The Morgan fingerprint density at radius 1 is 0.941 bits per heavy atom. The normalized spacial score (nSPS) is 15.5. The van der Waals surface area contributed by atoms with E-state index in [1.165, 1.54) is 19.1 Å². The highest BCUT2D eigenvalue weighted by Gasteiger charge is 2.32. The zero-order chi connectivity index (χ0) is 26.0. The fourth-order valence-electron chi connectivity index (χ4n) is 3.05. The summed E-state index contributed by atoms with van der Waals surface area (Å²) in [7, 11) is 0. The summed E-state index contributed by atoms with van der Waals surface area (Å²) >= 11 is 3.93. The molecule has 5 unspecified atom stereocenters. The van der Waals surface area contributed by atoms with Crippen molar-refractivity contribution < 1.29 is 34.5 Å². The Kier molecular flexibility index (Phi) is 11.8. The third-order valence-corrected chi connectivity index (χ3v) is 5.32. The van der Waals surface area contributed by atoms with E-state index in [0.717, 1.165) is 0 Å². The maximum absolute atomic E-state index is 13.0. The van der Waals surface area contributed by atoms with Gasteiger partial charge >= 0.3 is 5.97 Å². The lowest BCUT2D eigenvalue weighted by atomic mass is 10.0. The van der Waals surface area contributed by atoms with E-state index in [2.05, 4.69) is 28.6 Å². The van der Waals surface area contributed by atoms with Crippen LogP contribution in [0.3, 0.4) is 0 Å². The Balaban J connectivity index is 3.13. The van der Waals surface area contributed by atoms with E-state index in [1.807, 2.05) is 13.8 Å². The second kappa shape index (κ2) is 13.8. The van der Waals surface area contributed by atoms with Crippen LogP contribution in [0.4, 0.5) is 0 Å². The van der Waals surface area contributed by atoms with Crippen molar-refractivity contribution in [2.45, 2.75) is 63.9 Å². The third-order valence-electron chi connectivity index (χ3n) is 4.93. The number of nitrogens with two attached hydrogens (primary N) is 1. The summed E-state index contributed by atoms with van der Waals surface area (Å²) in [6, 6.07) is 1.06. The lowest BCUT2D eigenvalue weighted by molar-refractivity contribution is -0.143. The number of carbonyl (C=O) groups excluding carboxylic acids is 3. The summed E-state index contributed by atoms with van der Waals surface area (Å²) in [5, 5.41) is 36.2. The molecule has 1 aromatic rings. The molecule has 1 aromatic carbocycles. The first-order valence-electron chi connectivity index (χ1n) is 10.8. The van der Waals surface area contributed by atoms with E-state index < -0.39 is 54.0 Å². The molecule has 1 rings (SSSR count). The van der Waals surface area contributed by atoms with Gasteiger partial charge in [0.2, 0.25) is 17.7 Å². The molecule has 0 aliphatic heterocycles. The monoisotopic (exact) mass is 498 g/mol. The second-order valence-electron chi connectivity index (χ2n) is 8.48. The van der Waals surface area contributed by atoms with Crippen LogP contribution >= 0.6 is 12.6 Å². The average Bonchev–Trinajstić information content (AvgIpc) is 2.76. The molecule has 8 N–H and O–H groups in total. The van der Waals surface area contributed by atoms with Gasteiger partial charge in [-0.05, 0) is 37.0 Å². The number of aliphatic carboxylic acids is 1. The number of carbonyl (C=O) groups is 4. The first kappa shape index (κ1) is 29.2. The Hall–Kier alpha value is -2.83. The first-order valence-corrected chi connectivity index (χ1v) is 11.4. The van der Waals surface area contributed by atoms with Crippen LogP contribution in [-0.2, 0) is 25.6 Å². The van der Waals surface area contributed by atoms with E-state index in [9.17, 15) is 34.5 Å². The van der Waals surface area contributed by atoms with E-state index >= 15 is 0 Å².